The predicted molar refractivity (Wildman–Crippen MR) is 139 cm³/mol. The average molecular weight is 540 g/mol. The zero-order valence-corrected chi connectivity index (χ0v) is 20.8. The average Bonchev–Trinajstić information content (AvgIpc) is 2.83. The number of aryl methyl sites for hydroxylation is 1. The summed E-state index contributed by atoms with van der Waals surface area (Å²) in [6.45, 7) is 1.94. The van der Waals surface area contributed by atoms with E-state index in [0.29, 0.717) is 27.1 Å². The van der Waals surface area contributed by atoms with Gasteiger partial charge in [0.05, 0.1) is 11.4 Å². The van der Waals surface area contributed by atoms with Crippen LogP contribution in [0.25, 0.3) is 0 Å². The van der Waals surface area contributed by atoms with Crippen LogP contribution in [0.5, 0.6) is 5.75 Å². The van der Waals surface area contributed by atoms with Crippen molar-refractivity contribution in [3.05, 3.63) is 94.5 Å². The first-order chi connectivity index (χ1) is 16.8. The van der Waals surface area contributed by atoms with Gasteiger partial charge in [-0.05, 0) is 55.5 Å². The first kappa shape index (κ1) is 25.8. The van der Waals surface area contributed by atoms with Crippen molar-refractivity contribution in [1.29, 1.82) is 0 Å². The number of anilines is 3. The normalized spacial score (nSPS) is 12.7. The maximum Gasteiger partial charge on any atom is 0.412 e. The Morgan fingerprint density at radius 1 is 1.06 bits per heavy atom. The van der Waals surface area contributed by atoms with Gasteiger partial charge in [0.2, 0.25) is 5.91 Å². The van der Waals surface area contributed by atoms with Crippen LogP contribution in [0.3, 0.4) is 0 Å². The molecule has 0 spiro atoms. The fraction of sp³-hybridized carbons (Fsp3) is 0.154. The van der Waals surface area contributed by atoms with Crippen LogP contribution in [0.15, 0.2) is 83.4 Å². The lowest BCUT2D eigenvalue weighted by Crippen LogP contribution is -2.27. The van der Waals surface area contributed by atoms with E-state index in [-0.39, 0.29) is 5.75 Å². The monoisotopic (exact) mass is 539 g/mol. The second kappa shape index (κ2) is 12.0. The molecule has 0 radical (unpaired) electrons. The van der Waals surface area contributed by atoms with Crippen LogP contribution in [-0.2, 0) is 14.3 Å². The number of amides is 2. The van der Waals surface area contributed by atoms with Gasteiger partial charge in [0.25, 0.3) is 0 Å². The fourth-order valence-electron chi connectivity index (χ4n) is 3.23. The molecule has 8 nitrogen and oxygen atoms in total. The molecule has 0 unspecified atom stereocenters. The number of carbonyl (C=O) groups is 2. The Morgan fingerprint density at radius 2 is 1.77 bits per heavy atom. The van der Waals surface area contributed by atoms with Gasteiger partial charge in [0, 0.05) is 28.9 Å². The molecule has 0 aliphatic rings. The molecule has 0 saturated carbocycles. The Hall–Kier alpha value is -3.82. The van der Waals surface area contributed by atoms with Gasteiger partial charge in [0.15, 0.2) is 6.10 Å². The van der Waals surface area contributed by atoms with E-state index in [9.17, 15) is 14.7 Å². The predicted octanol–water partition coefficient (Wildman–Crippen LogP) is 5.55. The molecule has 0 saturated heterocycles. The van der Waals surface area contributed by atoms with E-state index in [4.69, 9.17) is 15.2 Å². The van der Waals surface area contributed by atoms with Crippen LogP contribution in [0.1, 0.15) is 17.2 Å². The number of nitrogens with one attached hydrogen (secondary N) is 2. The van der Waals surface area contributed by atoms with E-state index in [1.54, 1.807) is 48.5 Å². The minimum atomic E-state index is -1.08. The molecule has 9 heteroatoms. The van der Waals surface area contributed by atoms with Crippen molar-refractivity contribution in [3.8, 4) is 5.75 Å². The number of hydrogen-bond donors (Lipinski definition) is 4. The van der Waals surface area contributed by atoms with E-state index < -0.39 is 24.2 Å². The van der Waals surface area contributed by atoms with E-state index >= 15 is 0 Å². The number of aromatic hydroxyl groups is 1. The summed E-state index contributed by atoms with van der Waals surface area (Å²) in [6, 6.07) is 18.8. The number of phenolic OH excluding ortho intramolecular Hbond substituents is 1. The Morgan fingerprint density at radius 3 is 2.46 bits per heavy atom. The number of rotatable bonds is 8. The molecule has 2 atom stereocenters. The van der Waals surface area contributed by atoms with Crippen molar-refractivity contribution in [3.63, 3.8) is 0 Å². The summed E-state index contributed by atoms with van der Waals surface area (Å²) in [6.07, 6.45) is -0.0375. The van der Waals surface area contributed by atoms with Gasteiger partial charge >= 0.3 is 6.09 Å². The van der Waals surface area contributed by atoms with Gasteiger partial charge in [-0.2, -0.15) is 0 Å². The molecular weight excluding hydrogens is 514 g/mol. The second-order valence-electron chi connectivity index (χ2n) is 7.66. The third-order valence-electron chi connectivity index (χ3n) is 5.05. The molecule has 35 heavy (non-hydrogen) atoms. The van der Waals surface area contributed by atoms with Crippen LogP contribution in [0.4, 0.5) is 21.9 Å². The summed E-state index contributed by atoms with van der Waals surface area (Å²) in [7, 11) is 1.41. The molecule has 0 heterocycles. The number of benzene rings is 3. The summed E-state index contributed by atoms with van der Waals surface area (Å²) < 4.78 is 11.9. The van der Waals surface area contributed by atoms with Crippen LogP contribution in [0.2, 0.25) is 0 Å². The van der Waals surface area contributed by atoms with Gasteiger partial charge < -0.3 is 25.6 Å². The Labute approximate surface area is 211 Å². The highest BCUT2D eigenvalue weighted by Gasteiger charge is 2.28. The maximum atomic E-state index is 12.7. The van der Waals surface area contributed by atoms with Gasteiger partial charge in [-0.25, -0.2) is 4.79 Å². The number of carbonyl (C=O) groups excluding carboxylic acids is 2. The lowest BCUT2D eigenvalue weighted by molar-refractivity contribution is -0.112. The zero-order chi connectivity index (χ0) is 25.4. The van der Waals surface area contributed by atoms with Gasteiger partial charge in [-0.1, -0.05) is 45.8 Å². The summed E-state index contributed by atoms with van der Waals surface area (Å²) in [4.78, 5) is 25.2. The summed E-state index contributed by atoms with van der Waals surface area (Å²) >= 11 is 3.37. The topological polar surface area (TPSA) is 123 Å². The summed E-state index contributed by atoms with van der Waals surface area (Å²) in [5.41, 5.74) is 8.64. The molecule has 0 bridgehead atoms. The highest BCUT2D eigenvalue weighted by molar-refractivity contribution is 9.10. The minimum Gasteiger partial charge on any atom is -0.508 e. The molecule has 3 rings (SSSR count). The SMILES string of the molecule is CO[C@H](/C=C/C(=O)Nc1ccccc1N)[C@H](OC(=O)Nc1ccc(C)cc1)c1cc(Br)ccc1O. The molecule has 3 aromatic carbocycles. The zero-order valence-electron chi connectivity index (χ0n) is 19.2. The van der Waals surface area contributed by atoms with Gasteiger partial charge in [0.1, 0.15) is 11.9 Å². The Kier molecular flexibility index (Phi) is 8.88. The highest BCUT2D eigenvalue weighted by Crippen LogP contribution is 2.34. The maximum absolute atomic E-state index is 12.7. The second-order valence-corrected chi connectivity index (χ2v) is 8.57. The molecule has 0 aliphatic carbocycles. The molecule has 2 amide bonds. The highest BCUT2D eigenvalue weighted by atomic mass is 79.9. The first-order valence-electron chi connectivity index (χ1n) is 10.7. The Balaban J connectivity index is 1.83. The molecule has 3 aromatic rings. The van der Waals surface area contributed by atoms with Crippen molar-refractivity contribution in [1.82, 2.24) is 0 Å². The molecule has 182 valence electrons. The third-order valence-corrected chi connectivity index (χ3v) is 5.55. The van der Waals surface area contributed by atoms with Crippen LogP contribution < -0.4 is 16.4 Å². The lowest BCUT2D eigenvalue weighted by atomic mass is 10.0. The summed E-state index contributed by atoms with van der Waals surface area (Å²) in [5.74, 6) is -0.551. The van der Waals surface area contributed by atoms with E-state index in [1.165, 1.54) is 25.3 Å². The smallest absolute Gasteiger partial charge is 0.412 e. The third kappa shape index (κ3) is 7.33. The quantitative estimate of drug-likeness (QED) is 0.220. The van der Waals surface area contributed by atoms with E-state index in [2.05, 4.69) is 26.6 Å². The molecule has 0 fully saturated rings. The number of ether oxygens (including phenoxy) is 2. The number of phenols is 1. The standard InChI is InChI=1S/C26H26BrN3O5/c1-16-7-10-18(11-8-16)29-26(33)35-25(19-15-17(27)9-12-22(19)31)23(34-2)13-14-24(32)30-21-6-4-3-5-20(21)28/h3-15,23,25,31H,28H2,1-2H3,(H,29,33)(H,30,32)/b14-13+/t23-,25-/m1/s1. The molecule has 0 aromatic heterocycles. The van der Waals surface area contributed by atoms with Gasteiger partial charge in [-0.3, -0.25) is 10.1 Å². The van der Waals surface area contributed by atoms with Crippen molar-refractivity contribution in [2.45, 2.75) is 19.1 Å². The van der Waals surface area contributed by atoms with Crippen LogP contribution in [-0.4, -0.2) is 30.3 Å². The molecule has 0 aliphatic heterocycles. The van der Waals surface area contributed by atoms with Crippen molar-refractivity contribution in [2.24, 2.45) is 0 Å². The fourth-order valence-corrected chi connectivity index (χ4v) is 3.61. The number of nitrogen functional groups attached to an aromatic ring is 1. The van der Waals surface area contributed by atoms with Crippen molar-refractivity contribution < 1.29 is 24.2 Å². The number of nitrogens with two attached hydrogens (primary N) is 1. The first-order valence-corrected chi connectivity index (χ1v) is 11.5. The molecular formula is C26H26BrN3O5. The van der Waals surface area contributed by atoms with Crippen molar-refractivity contribution >= 4 is 45.0 Å². The van der Waals surface area contributed by atoms with Crippen LogP contribution >= 0.6 is 15.9 Å². The van der Waals surface area contributed by atoms with E-state index in [0.717, 1.165) is 5.56 Å². The number of halogens is 1. The lowest BCUT2D eigenvalue weighted by Gasteiger charge is -2.25. The van der Waals surface area contributed by atoms with Crippen molar-refractivity contribution in [2.75, 3.05) is 23.5 Å². The number of hydrogen-bond acceptors (Lipinski definition) is 6. The Bertz CT molecular complexity index is 1210. The number of para-hydroxylation sites is 2. The molecule has 5 N–H and O–H groups in total. The van der Waals surface area contributed by atoms with Gasteiger partial charge in [-0.15, -0.1) is 0 Å². The minimum absolute atomic E-state index is 0.0988. The number of methoxy groups -OCH3 is 1. The largest absolute Gasteiger partial charge is 0.508 e. The van der Waals surface area contributed by atoms with Crippen LogP contribution in [0, 0.1) is 6.92 Å². The van der Waals surface area contributed by atoms with E-state index in [1.807, 2.05) is 19.1 Å². The summed E-state index contributed by atoms with van der Waals surface area (Å²) in [5, 5.41) is 15.8.